The maximum Gasteiger partial charge on any atom is 0.340 e. The third kappa shape index (κ3) is 3.72. The van der Waals surface area contributed by atoms with Crippen LogP contribution in [0.3, 0.4) is 0 Å². The number of nitrogens with two attached hydrogens (primary N) is 1. The van der Waals surface area contributed by atoms with Crippen molar-refractivity contribution in [2.45, 2.75) is 38.7 Å². The molecule has 0 spiro atoms. The van der Waals surface area contributed by atoms with Crippen LogP contribution < -0.4 is 5.73 Å². The largest absolute Gasteiger partial charge is 0.459 e. The summed E-state index contributed by atoms with van der Waals surface area (Å²) in [4.78, 5) is 12.2. The first kappa shape index (κ1) is 14.9. The van der Waals surface area contributed by atoms with Gasteiger partial charge in [0.2, 0.25) is 0 Å². The quantitative estimate of drug-likeness (QED) is 0.596. The van der Waals surface area contributed by atoms with Gasteiger partial charge in [0.05, 0.1) is 11.3 Å². The van der Waals surface area contributed by atoms with E-state index in [0.29, 0.717) is 21.6 Å². The van der Waals surface area contributed by atoms with Gasteiger partial charge in [0.25, 0.3) is 0 Å². The molecule has 0 aromatic heterocycles. The lowest BCUT2D eigenvalue weighted by atomic mass is 9.89. The van der Waals surface area contributed by atoms with E-state index in [9.17, 15) is 4.79 Å². The molecule has 0 heterocycles. The van der Waals surface area contributed by atoms with Crippen LogP contribution in [-0.4, -0.2) is 12.1 Å². The zero-order valence-corrected chi connectivity index (χ0v) is 14.0. The molecule has 104 valence electrons. The van der Waals surface area contributed by atoms with Gasteiger partial charge in [0.15, 0.2) is 0 Å². The van der Waals surface area contributed by atoms with E-state index < -0.39 is 0 Å². The second-order valence-corrected chi connectivity index (χ2v) is 6.92. The van der Waals surface area contributed by atoms with E-state index in [0.717, 1.165) is 23.7 Å². The number of hydrogen-bond acceptors (Lipinski definition) is 3. The summed E-state index contributed by atoms with van der Waals surface area (Å²) in [5.74, 6) is 0.289. The Morgan fingerprint density at radius 1 is 1.37 bits per heavy atom. The zero-order chi connectivity index (χ0) is 14.0. The molecule has 1 aliphatic carbocycles. The van der Waals surface area contributed by atoms with Crippen molar-refractivity contribution in [3.8, 4) is 0 Å². The number of esters is 1. The van der Waals surface area contributed by atoms with Crippen LogP contribution in [0.5, 0.6) is 0 Å². The van der Waals surface area contributed by atoms with Gasteiger partial charge in [-0.3, -0.25) is 0 Å². The number of carbonyl (C=O) groups excluding carboxylic acids is 1. The van der Waals surface area contributed by atoms with E-state index in [1.54, 1.807) is 6.07 Å². The van der Waals surface area contributed by atoms with Crippen LogP contribution in [0.15, 0.2) is 21.1 Å². The molecule has 19 heavy (non-hydrogen) atoms. The molecule has 0 saturated heterocycles. The van der Waals surface area contributed by atoms with Gasteiger partial charge < -0.3 is 10.5 Å². The number of hydrogen-bond donors (Lipinski definition) is 1. The van der Waals surface area contributed by atoms with E-state index in [4.69, 9.17) is 10.5 Å². The second-order valence-electron chi connectivity index (χ2n) is 5.15. The molecular formula is C14H17Br2NO2. The highest BCUT2D eigenvalue weighted by atomic mass is 79.9. The van der Waals surface area contributed by atoms with Crippen molar-refractivity contribution in [2.75, 3.05) is 5.73 Å². The first-order chi connectivity index (χ1) is 8.97. The van der Waals surface area contributed by atoms with Gasteiger partial charge in [-0.05, 0) is 53.2 Å². The molecule has 2 rings (SSSR count). The van der Waals surface area contributed by atoms with Crippen LogP contribution in [-0.2, 0) is 4.74 Å². The molecule has 1 aliphatic rings. The summed E-state index contributed by atoms with van der Waals surface area (Å²) in [5.41, 5.74) is 6.76. The van der Waals surface area contributed by atoms with Crippen molar-refractivity contribution in [2.24, 2.45) is 5.92 Å². The Kier molecular flexibility index (Phi) is 4.90. The number of carbonyl (C=O) groups is 1. The molecule has 1 aromatic rings. The van der Waals surface area contributed by atoms with Gasteiger partial charge >= 0.3 is 5.97 Å². The van der Waals surface area contributed by atoms with Crippen molar-refractivity contribution in [1.82, 2.24) is 0 Å². The lowest BCUT2D eigenvalue weighted by Crippen LogP contribution is -2.25. The van der Waals surface area contributed by atoms with Crippen molar-refractivity contribution in [1.29, 1.82) is 0 Å². The number of nitrogen functional groups attached to an aromatic ring is 1. The maximum atomic E-state index is 12.2. The molecule has 0 radical (unpaired) electrons. The van der Waals surface area contributed by atoms with Gasteiger partial charge in [-0.2, -0.15) is 0 Å². The minimum atomic E-state index is -0.335. The van der Waals surface area contributed by atoms with Crippen molar-refractivity contribution in [3.63, 3.8) is 0 Å². The molecule has 0 bridgehead atoms. The van der Waals surface area contributed by atoms with Gasteiger partial charge in [-0.1, -0.05) is 29.3 Å². The average Bonchev–Trinajstić information content (AvgIpc) is 2.33. The lowest BCUT2D eigenvalue weighted by Gasteiger charge is -2.26. The SMILES string of the molecule is CC1CCCC(OC(=O)c2cc(Br)cc(Br)c2N)C1. The van der Waals surface area contributed by atoms with Crippen LogP contribution in [0.4, 0.5) is 5.69 Å². The van der Waals surface area contributed by atoms with Crippen LogP contribution in [0.1, 0.15) is 43.0 Å². The highest BCUT2D eigenvalue weighted by Crippen LogP contribution is 2.31. The predicted molar refractivity (Wildman–Crippen MR) is 83.1 cm³/mol. The topological polar surface area (TPSA) is 52.3 Å². The molecule has 0 aliphatic heterocycles. The Balaban J connectivity index is 2.11. The summed E-state index contributed by atoms with van der Waals surface area (Å²) >= 11 is 6.69. The minimum Gasteiger partial charge on any atom is -0.459 e. The number of ether oxygens (including phenoxy) is 1. The highest BCUT2D eigenvalue weighted by Gasteiger charge is 2.24. The summed E-state index contributed by atoms with van der Waals surface area (Å²) in [6.07, 6.45) is 4.26. The predicted octanol–water partition coefficient (Wildman–Crippen LogP) is 4.53. The fraction of sp³-hybridized carbons (Fsp3) is 0.500. The van der Waals surface area contributed by atoms with Gasteiger partial charge in [0, 0.05) is 8.95 Å². The first-order valence-corrected chi connectivity index (χ1v) is 8.01. The summed E-state index contributed by atoms with van der Waals surface area (Å²) in [7, 11) is 0. The molecular weight excluding hydrogens is 374 g/mol. The first-order valence-electron chi connectivity index (χ1n) is 6.43. The number of anilines is 1. The molecule has 5 heteroatoms. The third-order valence-electron chi connectivity index (χ3n) is 3.48. The van der Waals surface area contributed by atoms with Crippen LogP contribution in [0.25, 0.3) is 0 Å². The Morgan fingerprint density at radius 3 is 2.79 bits per heavy atom. The van der Waals surface area contributed by atoms with E-state index >= 15 is 0 Å². The fourth-order valence-electron chi connectivity index (χ4n) is 2.45. The van der Waals surface area contributed by atoms with Crippen LogP contribution >= 0.6 is 31.9 Å². The highest BCUT2D eigenvalue weighted by molar-refractivity contribution is 9.11. The van der Waals surface area contributed by atoms with Gasteiger partial charge in [0.1, 0.15) is 6.10 Å². The van der Waals surface area contributed by atoms with Gasteiger partial charge in [-0.25, -0.2) is 4.79 Å². The number of halogens is 2. The Labute approximate surface area is 130 Å². The Hall–Kier alpha value is -0.550. The van der Waals surface area contributed by atoms with E-state index in [1.165, 1.54) is 6.42 Å². The summed E-state index contributed by atoms with van der Waals surface area (Å²) in [5, 5.41) is 0. The minimum absolute atomic E-state index is 0.0217. The zero-order valence-electron chi connectivity index (χ0n) is 10.8. The molecule has 1 saturated carbocycles. The number of rotatable bonds is 2. The molecule has 0 amide bonds. The monoisotopic (exact) mass is 389 g/mol. The van der Waals surface area contributed by atoms with Crippen molar-refractivity contribution in [3.05, 3.63) is 26.6 Å². The molecule has 1 aromatic carbocycles. The smallest absolute Gasteiger partial charge is 0.340 e. The van der Waals surface area contributed by atoms with Crippen molar-refractivity contribution < 1.29 is 9.53 Å². The molecule has 1 fully saturated rings. The van der Waals surface area contributed by atoms with E-state index in [2.05, 4.69) is 38.8 Å². The molecule has 2 atom stereocenters. The Bertz CT molecular complexity index is 491. The van der Waals surface area contributed by atoms with E-state index in [-0.39, 0.29) is 12.1 Å². The summed E-state index contributed by atoms with van der Waals surface area (Å²) < 4.78 is 7.08. The molecule has 3 nitrogen and oxygen atoms in total. The maximum absolute atomic E-state index is 12.2. The summed E-state index contributed by atoms with van der Waals surface area (Å²) in [6, 6.07) is 3.52. The van der Waals surface area contributed by atoms with Crippen LogP contribution in [0.2, 0.25) is 0 Å². The standard InChI is InChI=1S/C14H17Br2NO2/c1-8-3-2-4-10(5-8)19-14(18)11-6-9(15)7-12(16)13(11)17/h6-8,10H,2-5,17H2,1H3. The second kappa shape index (κ2) is 6.27. The lowest BCUT2D eigenvalue weighted by molar-refractivity contribution is 0.0156. The summed E-state index contributed by atoms with van der Waals surface area (Å²) in [6.45, 7) is 2.20. The van der Waals surface area contributed by atoms with Crippen LogP contribution in [0, 0.1) is 5.92 Å². The van der Waals surface area contributed by atoms with Crippen molar-refractivity contribution >= 4 is 43.5 Å². The Morgan fingerprint density at radius 2 is 2.11 bits per heavy atom. The number of benzene rings is 1. The fourth-order valence-corrected chi connectivity index (χ4v) is 3.68. The third-order valence-corrected chi connectivity index (χ3v) is 4.59. The average molecular weight is 391 g/mol. The van der Waals surface area contributed by atoms with Gasteiger partial charge in [-0.15, -0.1) is 0 Å². The molecule has 2 unspecified atom stereocenters. The molecule has 2 N–H and O–H groups in total. The normalized spacial score (nSPS) is 23.1. The van der Waals surface area contributed by atoms with E-state index in [1.807, 2.05) is 6.07 Å².